The molecule has 0 spiro atoms. The molecule has 11 nitrogen and oxygen atoms in total. The van der Waals surface area contributed by atoms with Crippen molar-refractivity contribution < 1.29 is 54.3 Å². The zero-order chi connectivity index (χ0) is 26.5. The van der Waals surface area contributed by atoms with Crippen LogP contribution in [0.4, 0.5) is 0 Å². The van der Waals surface area contributed by atoms with E-state index in [1.54, 1.807) is 6.92 Å². The van der Waals surface area contributed by atoms with Crippen LogP contribution in [0.25, 0.3) is 0 Å². The Morgan fingerprint density at radius 1 is 1.06 bits per heavy atom. The van der Waals surface area contributed by atoms with Gasteiger partial charge in [-0.25, -0.2) is 0 Å². The van der Waals surface area contributed by atoms with Gasteiger partial charge in [-0.1, -0.05) is 31.6 Å². The van der Waals surface area contributed by atoms with Crippen LogP contribution < -0.4 is 0 Å². The average molecular weight is 517 g/mol. The number of aliphatic hydroxyl groups excluding tert-OH is 6. The highest BCUT2D eigenvalue weighted by atomic mass is 16.8. The molecule has 3 aliphatic heterocycles. The largest absolute Gasteiger partial charge is 0.394 e. The van der Waals surface area contributed by atoms with Gasteiger partial charge in [-0.3, -0.25) is 0 Å². The fraction of sp³-hybridized carbons (Fsp3) is 0.840. The lowest BCUT2D eigenvalue weighted by molar-refractivity contribution is -0.412. The lowest BCUT2D eigenvalue weighted by atomic mass is 9.68. The van der Waals surface area contributed by atoms with E-state index in [0.29, 0.717) is 0 Å². The summed E-state index contributed by atoms with van der Waals surface area (Å²) in [7, 11) is 0. The van der Waals surface area contributed by atoms with Gasteiger partial charge >= 0.3 is 0 Å². The first-order valence-corrected chi connectivity index (χ1v) is 12.5. The quantitative estimate of drug-likeness (QED) is 0.248. The van der Waals surface area contributed by atoms with Gasteiger partial charge in [-0.05, 0) is 38.2 Å². The summed E-state index contributed by atoms with van der Waals surface area (Å²) in [6.45, 7) is 6.76. The molecule has 0 radical (unpaired) electrons. The fourth-order valence-corrected chi connectivity index (χ4v) is 5.64. The van der Waals surface area contributed by atoms with Crippen LogP contribution in [-0.2, 0) is 23.7 Å². The fourth-order valence-electron chi connectivity index (χ4n) is 5.64. The summed E-state index contributed by atoms with van der Waals surface area (Å²) in [5, 5.41) is 61.3. The van der Waals surface area contributed by atoms with E-state index in [1.165, 1.54) is 5.57 Å². The van der Waals surface area contributed by atoms with Crippen molar-refractivity contribution in [3.63, 3.8) is 0 Å². The number of rotatable bonds is 6. The Morgan fingerprint density at radius 3 is 2.39 bits per heavy atom. The van der Waals surface area contributed by atoms with E-state index < -0.39 is 73.8 Å². The van der Waals surface area contributed by atoms with Gasteiger partial charge in [-0.2, -0.15) is 0 Å². The van der Waals surface area contributed by atoms with E-state index >= 15 is 0 Å². The number of aliphatic hydroxyl groups is 6. The highest BCUT2D eigenvalue weighted by Gasteiger charge is 2.59. The minimum absolute atomic E-state index is 0.00938. The Balaban J connectivity index is 1.46. The monoisotopic (exact) mass is 516 g/mol. The molecule has 3 fully saturated rings. The summed E-state index contributed by atoms with van der Waals surface area (Å²) in [5.74, 6) is -3.13. The Bertz CT molecular complexity index is 844. The topological polar surface area (TPSA) is 168 Å². The molecular weight excluding hydrogens is 476 g/mol. The van der Waals surface area contributed by atoms with Crippen molar-refractivity contribution >= 4 is 0 Å². The molecule has 3 saturated heterocycles. The van der Waals surface area contributed by atoms with Crippen LogP contribution in [0.1, 0.15) is 40.5 Å². The molecule has 11 heteroatoms. The predicted octanol–water partition coefficient (Wildman–Crippen LogP) is -0.678. The zero-order valence-corrected chi connectivity index (χ0v) is 21.2. The van der Waals surface area contributed by atoms with Crippen molar-refractivity contribution in [2.45, 2.75) is 101 Å². The number of hydrogen-bond acceptors (Lipinski definition) is 11. The number of fused-ring (bicyclic) bond motifs is 1. The Morgan fingerprint density at radius 2 is 1.78 bits per heavy atom. The maximum absolute atomic E-state index is 10.9. The van der Waals surface area contributed by atoms with Crippen LogP contribution >= 0.6 is 0 Å². The van der Waals surface area contributed by atoms with E-state index in [2.05, 4.69) is 32.9 Å². The molecule has 3 heterocycles. The van der Waals surface area contributed by atoms with Crippen LogP contribution in [0.5, 0.6) is 0 Å². The molecule has 206 valence electrons. The van der Waals surface area contributed by atoms with Crippen molar-refractivity contribution in [3.8, 4) is 0 Å². The maximum Gasteiger partial charge on any atom is 0.224 e. The van der Waals surface area contributed by atoms with Gasteiger partial charge in [-0.15, -0.1) is 0 Å². The molecule has 0 aromatic rings. The van der Waals surface area contributed by atoms with Crippen LogP contribution in [0, 0.1) is 11.3 Å². The molecule has 0 amide bonds. The van der Waals surface area contributed by atoms with Gasteiger partial charge in [0, 0.05) is 5.92 Å². The van der Waals surface area contributed by atoms with E-state index in [9.17, 15) is 30.6 Å². The van der Waals surface area contributed by atoms with Crippen molar-refractivity contribution in [1.29, 1.82) is 0 Å². The summed E-state index contributed by atoms with van der Waals surface area (Å²) >= 11 is 0. The Labute approximate surface area is 210 Å². The van der Waals surface area contributed by atoms with Crippen molar-refractivity contribution in [1.82, 2.24) is 0 Å². The molecule has 0 bridgehead atoms. The van der Waals surface area contributed by atoms with Crippen molar-refractivity contribution in [2.24, 2.45) is 11.3 Å². The third-order valence-electron chi connectivity index (χ3n) is 7.95. The van der Waals surface area contributed by atoms with Crippen LogP contribution in [-0.4, -0.2) is 111 Å². The van der Waals surface area contributed by atoms with Crippen LogP contribution in [0.2, 0.25) is 0 Å². The first kappa shape index (κ1) is 28.1. The second-order valence-corrected chi connectivity index (χ2v) is 11.1. The third-order valence-corrected chi connectivity index (χ3v) is 7.95. The summed E-state index contributed by atoms with van der Waals surface area (Å²) < 4.78 is 28.8. The molecule has 1 aliphatic carbocycles. The van der Waals surface area contributed by atoms with Gasteiger partial charge in [0.1, 0.15) is 49.3 Å². The number of allylic oxidation sites excluding steroid dienone is 3. The van der Waals surface area contributed by atoms with Gasteiger partial charge in [0.05, 0.1) is 13.2 Å². The normalized spacial score (nSPS) is 49.2. The molecule has 1 unspecified atom stereocenters. The van der Waals surface area contributed by atoms with Crippen LogP contribution in [0.3, 0.4) is 0 Å². The van der Waals surface area contributed by atoms with Gasteiger partial charge in [0.25, 0.3) is 0 Å². The van der Waals surface area contributed by atoms with Crippen LogP contribution in [0.15, 0.2) is 23.8 Å². The van der Waals surface area contributed by atoms with Gasteiger partial charge in [0.2, 0.25) is 5.79 Å². The van der Waals surface area contributed by atoms with Gasteiger partial charge < -0.3 is 54.3 Å². The SMILES string of the molecule is CC1=CCCC(C)(C)C1/C=C/[C@]1(C)OC[C@H]2O[C@H](O[C@]3(CO)O[C@H](CO)[C@@H](O)[C@@H]3O)[C@H](O)[C@@H](O)[C@@H]2O1. The zero-order valence-electron chi connectivity index (χ0n) is 21.2. The molecule has 36 heavy (non-hydrogen) atoms. The van der Waals surface area contributed by atoms with E-state index in [-0.39, 0.29) is 17.9 Å². The second-order valence-electron chi connectivity index (χ2n) is 11.1. The Hall–Kier alpha value is -0.960. The summed E-state index contributed by atoms with van der Waals surface area (Å²) in [5.41, 5.74) is 1.36. The molecule has 11 atom stereocenters. The third kappa shape index (κ3) is 5.04. The highest BCUT2D eigenvalue weighted by molar-refractivity contribution is 5.20. The smallest absolute Gasteiger partial charge is 0.224 e. The van der Waals surface area contributed by atoms with E-state index in [4.69, 9.17) is 23.7 Å². The molecule has 4 aliphatic rings. The molecule has 0 saturated carbocycles. The lowest BCUT2D eigenvalue weighted by Crippen LogP contribution is -2.66. The molecule has 4 rings (SSSR count). The van der Waals surface area contributed by atoms with Gasteiger partial charge in [0.15, 0.2) is 12.1 Å². The summed E-state index contributed by atoms with van der Waals surface area (Å²) in [6, 6.07) is 0. The minimum atomic E-state index is -2.17. The number of ether oxygens (including phenoxy) is 5. The average Bonchev–Trinajstić information content (AvgIpc) is 3.07. The van der Waals surface area contributed by atoms with E-state index in [1.807, 2.05) is 6.08 Å². The lowest BCUT2D eigenvalue weighted by Gasteiger charge is -2.50. The first-order valence-electron chi connectivity index (χ1n) is 12.5. The summed E-state index contributed by atoms with van der Waals surface area (Å²) in [6.07, 6.45) is -2.67. The standard InChI is InChI=1S/C25H40O11/c1-13-6-5-8-23(2,3)14(13)7-9-24(4)32-11-16-20(35-24)18(29)19(30)22(33-16)36-25(12-27)21(31)17(28)15(10-26)34-25/h6-7,9,14-22,26-31H,5,8,10-12H2,1-4H3/b9-7+/t14?,15-,16-,17-,18-,19-,20-,21+,22-,24-,25+/m1/s1. The molecule has 0 aromatic carbocycles. The summed E-state index contributed by atoms with van der Waals surface area (Å²) in [4.78, 5) is 0. The number of hydrogen-bond donors (Lipinski definition) is 6. The van der Waals surface area contributed by atoms with Crippen molar-refractivity contribution in [3.05, 3.63) is 23.8 Å². The second kappa shape index (κ2) is 10.3. The van der Waals surface area contributed by atoms with E-state index in [0.717, 1.165) is 12.8 Å². The maximum atomic E-state index is 10.9. The highest BCUT2D eigenvalue weighted by Crippen LogP contribution is 2.43. The minimum Gasteiger partial charge on any atom is -0.394 e. The Kier molecular flexibility index (Phi) is 8.03. The van der Waals surface area contributed by atoms with Crippen molar-refractivity contribution in [2.75, 3.05) is 19.8 Å². The molecule has 0 aromatic heterocycles. The molecular formula is C25H40O11. The predicted molar refractivity (Wildman–Crippen MR) is 124 cm³/mol. The first-order chi connectivity index (χ1) is 16.9. The molecule has 6 N–H and O–H groups in total.